The number of carbonyl (C=O) groups is 1. The second-order valence-corrected chi connectivity index (χ2v) is 10.6. The van der Waals surface area contributed by atoms with Crippen LogP contribution >= 0.6 is 0 Å². The number of likely N-dealkylation sites (tertiary alicyclic amines) is 1. The van der Waals surface area contributed by atoms with Crippen LogP contribution in [0.4, 0.5) is 0 Å². The van der Waals surface area contributed by atoms with Crippen LogP contribution in [-0.4, -0.2) is 63.4 Å². The summed E-state index contributed by atoms with van der Waals surface area (Å²) in [4.78, 5) is 15.6. The molecule has 1 aromatic carbocycles. The lowest BCUT2D eigenvalue weighted by molar-refractivity contribution is 0.0930. The summed E-state index contributed by atoms with van der Waals surface area (Å²) in [6, 6.07) is 8.22. The van der Waals surface area contributed by atoms with Gasteiger partial charge in [0.1, 0.15) is 11.5 Å². The van der Waals surface area contributed by atoms with Crippen LogP contribution in [-0.2, 0) is 10.0 Å². The van der Waals surface area contributed by atoms with Crippen LogP contribution in [0.25, 0.3) is 0 Å². The highest BCUT2D eigenvalue weighted by Gasteiger charge is 2.29. The largest absolute Gasteiger partial charge is 0.496 e. The van der Waals surface area contributed by atoms with Crippen LogP contribution in [0, 0.1) is 0 Å². The van der Waals surface area contributed by atoms with Gasteiger partial charge in [0.25, 0.3) is 5.91 Å². The van der Waals surface area contributed by atoms with Crippen LogP contribution in [0.3, 0.4) is 0 Å². The average molecular weight is 476 g/mol. The van der Waals surface area contributed by atoms with Crippen LogP contribution in [0.2, 0.25) is 0 Å². The number of carbonyl (C=O) groups excluding carboxylic acids is 1. The number of ether oxygens (including phenoxy) is 1. The van der Waals surface area contributed by atoms with Crippen LogP contribution < -0.4 is 10.1 Å². The van der Waals surface area contributed by atoms with Gasteiger partial charge in [0.15, 0.2) is 0 Å². The predicted octanol–water partition coefficient (Wildman–Crippen LogP) is 3.42. The smallest absolute Gasteiger partial charge is 0.255 e. The van der Waals surface area contributed by atoms with Crippen molar-refractivity contribution in [3.05, 3.63) is 47.9 Å². The first-order valence-electron chi connectivity index (χ1n) is 11.7. The van der Waals surface area contributed by atoms with E-state index >= 15 is 0 Å². The summed E-state index contributed by atoms with van der Waals surface area (Å²) in [5, 5.41) is 2.98. The van der Waals surface area contributed by atoms with E-state index < -0.39 is 10.0 Å². The second kappa shape index (κ2) is 10.7. The highest BCUT2D eigenvalue weighted by molar-refractivity contribution is 7.89. The fourth-order valence-electron chi connectivity index (χ4n) is 4.68. The van der Waals surface area contributed by atoms with Gasteiger partial charge in [0, 0.05) is 19.6 Å². The van der Waals surface area contributed by atoms with Crippen molar-refractivity contribution in [1.29, 1.82) is 0 Å². The van der Waals surface area contributed by atoms with Crippen LogP contribution in [0.1, 0.15) is 60.7 Å². The summed E-state index contributed by atoms with van der Waals surface area (Å²) in [5.41, 5.74) is 0.216. The van der Waals surface area contributed by atoms with Crippen molar-refractivity contribution in [2.75, 3.05) is 39.8 Å². The molecule has 0 unspecified atom stereocenters. The highest BCUT2D eigenvalue weighted by atomic mass is 32.2. The number of sulfonamides is 1. The van der Waals surface area contributed by atoms with Gasteiger partial charge in [-0.05, 0) is 69.1 Å². The van der Waals surface area contributed by atoms with E-state index in [1.165, 1.54) is 23.5 Å². The van der Waals surface area contributed by atoms with Crippen molar-refractivity contribution in [2.24, 2.45) is 0 Å². The maximum Gasteiger partial charge on any atom is 0.255 e. The maximum atomic E-state index is 13.2. The molecule has 1 N–H and O–H groups in total. The molecule has 0 spiro atoms. The lowest BCUT2D eigenvalue weighted by atomic mass is 10.1. The minimum atomic E-state index is -3.67. The minimum Gasteiger partial charge on any atom is -0.496 e. The van der Waals surface area contributed by atoms with Crippen LogP contribution in [0.15, 0.2) is 45.9 Å². The van der Waals surface area contributed by atoms with Gasteiger partial charge < -0.3 is 14.5 Å². The summed E-state index contributed by atoms with van der Waals surface area (Å²) in [5.74, 6) is 0.787. The van der Waals surface area contributed by atoms with E-state index in [0.717, 1.165) is 57.4 Å². The summed E-state index contributed by atoms with van der Waals surface area (Å²) >= 11 is 0. The minimum absolute atomic E-state index is 0.0681. The standard InChI is InChI=1S/C24H33N3O5S/c1-31-22-11-10-19(33(29,30)27-14-4-2-3-5-15-27)17-20(22)24(28)25-18-21(23-9-8-16-32-23)26-12-6-7-13-26/h8-11,16-17,21H,2-7,12-15,18H2,1H3,(H,25,28)/t21-/m1/s1. The number of nitrogens with zero attached hydrogens (tertiary/aromatic N) is 2. The normalized spacial score (nSPS) is 19.2. The van der Waals surface area contributed by atoms with E-state index in [1.54, 1.807) is 12.3 Å². The molecule has 2 aliphatic rings. The van der Waals surface area contributed by atoms with E-state index in [2.05, 4.69) is 10.2 Å². The summed E-state index contributed by atoms with van der Waals surface area (Å²) in [7, 11) is -2.19. The first-order valence-corrected chi connectivity index (χ1v) is 13.2. The fourth-order valence-corrected chi connectivity index (χ4v) is 6.23. The molecule has 2 aromatic rings. The maximum absolute atomic E-state index is 13.2. The Balaban J connectivity index is 1.54. The molecule has 9 heteroatoms. The van der Waals surface area contributed by atoms with Crippen molar-refractivity contribution >= 4 is 15.9 Å². The molecule has 1 amide bonds. The topological polar surface area (TPSA) is 92.1 Å². The number of amides is 1. The van der Waals surface area contributed by atoms with E-state index in [9.17, 15) is 13.2 Å². The molecule has 8 nitrogen and oxygen atoms in total. The molecule has 0 saturated carbocycles. The van der Waals surface area contributed by atoms with Gasteiger partial charge in [-0.25, -0.2) is 8.42 Å². The Morgan fingerprint density at radius 2 is 1.76 bits per heavy atom. The zero-order chi connectivity index (χ0) is 23.3. The van der Waals surface area contributed by atoms with Gasteiger partial charge in [-0.15, -0.1) is 0 Å². The number of hydrogen-bond acceptors (Lipinski definition) is 6. The summed E-state index contributed by atoms with van der Waals surface area (Å²) in [6.45, 7) is 3.29. The Morgan fingerprint density at radius 1 is 1.06 bits per heavy atom. The van der Waals surface area contributed by atoms with Crippen molar-refractivity contribution in [3.63, 3.8) is 0 Å². The van der Waals surface area contributed by atoms with E-state index in [4.69, 9.17) is 9.15 Å². The molecule has 0 aliphatic carbocycles. The highest BCUT2D eigenvalue weighted by Crippen LogP contribution is 2.28. The van der Waals surface area contributed by atoms with Gasteiger partial charge in [-0.1, -0.05) is 12.8 Å². The average Bonchev–Trinajstić information content (AvgIpc) is 3.49. The molecule has 0 bridgehead atoms. The molecule has 0 radical (unpaired) electrons. The van der Waals surface area contributed by atoms with Crippen molar-refractivity contribution in [1.82, 2.24) is 14.5 Å². The molecule has 2 saturated heterocycles. The Kier molecular flexibility index (Phi) is 7.72. The molecule has 2 fully saturated rings. The molecule has 1 aromatic heterocycles. The van der Waals surface area contributed by atoms with Gasteiger partial charge in [-0.3, -0.25) is 9.69 Å². The Morgan fingerprint density at radius 3 is 2.39 bits per heavy atom. The predicted molar refractivity (Wildman–Crippen MR) is 125 cm³/mol. The van der Waals surface area contributed by atoms with Crippen LogP contribution in [0.5, 0.6) is 5.75 Å². The molecular formula is C24H33N3O5S. The van der Waals surface area contributed by atoms with Crippen molar-refractivity contribution < 1.29 is 22.4 Å². The SMILES string of the molecule is COc1ccc(S(=O)(=O)N2CCCCCC2)cc1C(=O)NC[C@H](c1ccco1)N1CCCC1. The third-order valence-corrected chi connectivity index (χ3v) is 8.42. The molecule has 4 rings (SSSR count). The first kappa shape index (κ1) is 23.8. The number of methoxy groups -OCH3 is 1. The molecular weight excluding hydrogens is 442 g/mol. The van der Waals surface area contributed by atoms with Gasteiger partial charge in [0.05, 0.1) is 29.9 Å². The summed E-state index contributed by atoms with van der Waals surface area (Å²) in [6.07, 6.45) is 7.66. The first-order chi connectivity index (χ1) is 16.0. The zero-order valence-electron chi connectivity index (χ0n) is 19.2. The Bertz CT molecular complexity index is 1020. The zero-order valence-corrected chi connectivity index (χ0v) is 20.0. The lowest BCUT2D eigenvalue weighted by Gasteiger charge is -2.26. The van der Waals surface area contributed by atoms with Gasteiger partial charge in [-0.2, -0.15) is 4.31 Å². The molecule has 3 heterocycles. The molecule has 33 heavy (non-hydrogen) atoms. The van der Waals surface area contributed by atoms with E-state index in [0.29, 0.717) is 25.4 Å². The molecule has 2 aliphatic heterocycles. The quantitative estimate of drug-likeness (QED) is 0.629. The third kappa shape index (κ3) is 5.42. The number of hydrogen-bond donors (Lipinski definition) is 1. The lowest BCUT2D eigenvalue weighted by Crippen LogP contribution is -2.37. The van der Waals surface area contributed by atoms with Crippen molar-refractivity contribution in [2.45, 2.75) is 49.5 Å². The number of benzene rings is 1. The monoisotopic (exact) mass is 475 g/mol. The third-order valence-electron chi connectivity index (χ3n) is 6.53. The molecule has 1 atom stereocenters. The molecule has 180 valence electrons. The Labute approximate surface area is 195 Å². The van der Waals surface area contributed by atoms with Gasteiger partial charge >= 0.3 is 0 Å². The van der Waals surface area contributed by atoms with E-state index in [1.807, 2.05) is 12.1 Å². The fraction of sp³-hybridized carbons (Fsp3) is 0.542. The number of furan rings is 1. The number of rotatable bonds is 8. The second-order valence-electron chi connectivity index (χ2n) is 8.66. The van der Waals surface area contributed by atoms with Crippen molar-refractivity contribution in [3.8, 4) is 5.75 Å². The van der Waals surface area contributed by atoms with Gasteiger partial charge in [0.2, 0.25) is 10.0 Å². The summed E-state index contributed by atoms with van der Waals surface area (Å²) < 4.78 is 39.0. The van der Waals surface area contributed by atoms with E-state index in [-0.39, 0.29) is 22.4 Å². The Hall–Kier alpha value is -2.36. The number of nitrogens with one attached hydrogen (secondary N) is 1.